The summed E-state index contributed by atoms with van der Waals surface area (Å²) in [5.74, 6) is 0. The number of nitrogens with one attached hydrogen (secondary N) is 1. The third-order valence-electron chi connectivity index (χ3n) is 4.25. The van der Waals surface area contributed by atoms with Gasteiger partial charge >= 0.3 is 0 Å². The van der Waals surface area contributed by atoms with Crippen LogP contribution in [-0.2, 0) is 6.42 Å². The molecular weight excluding hydrogens is 280 g/mol. The van der Waals surface area contributed by atoms with Crippen LogP contribution in [0.1, 0.15) is 12.5 Å². The summed E-state index contributed by atoms with van der Waals surface area (Å²) in [6.45, 7) is 2.18. The van der Waals surface area contributed by atoms with Crippen molar-refractivity contribution in [3.05, 3.63) is 78.4 Å². The van der Waals surface area contributed by atoms with Crippen LogP contribution in [0.4, 0.5) is 11.4 Å². The summed E-state index contributed by atoms with van der Waals surface area (Å²) in [7, 11) is 0. The van der Waals surface area contributed by atoms with E-state index in [9.17, 15) is 0 Å². The van der Waals surface area contributed by atoms with Crippen molar-refractivity contribution >= 4 is 33.2 Å². The van der Waals surface area contributed by atoms with Gasteiger partial charge in [0.15, 0.2) is 0 Å². The molecule has 0 aliphatic heterocycles. The molecule has 0 atom stereocenters. The minimum Gasteiger partial charge on any atom is -0.354 e. The zero-order valence-corrected chi connectivity index (χ0v) is 13.1. The molecule has 3 aromatic carbocycles. The molecule has 1 heterocycles. The van der Waals surface area contributed by atoms with Crippen molar-refractivity contribution in [1.29, 1.82) is 0 Å². The summed E-state index contributed by atoms with van der Waals surface area (Å²) in [6.07, 6.45) is 1.00. The molecule has 112 valence electrons. The summed E-state index contributed by atoms with van der Waals surface area (Å²) >= 11 is 0. The molecule has 0 saturated heterocycles. The van der Waals surface area contributed by atoms with Crippen LogP contribution in [0.3, 0.4) is 0 Å². The number of rotatable bonds is 3. The predicted octanol–water partition coefficient (Wildman–Crippen LogP) is 5.69. The molecule has 2 nitrogen and oxygen atoms in total. The first-order chi connectivity index (χ1) is 11.4. The number of aryl methyl sites for hydroxylation is 1. The van der Waals surface area contributed by atoms with E-state index in [1.165, 1.54) is 5.56 Å². The molecule has 0 unspecified atom stereocenters. The molecule has 2 heteroatoms. The van der Waals surface area contributed by atoms with Gasteiger partial charge in [0, 0.05) is 16.5 Å². The van der Waals surface area contributed by atoms with Gasteiger partial charge in [0.25, 0.3) is 0 Å². The maximum atomic E-state index is 4.78. The average molecular weight is 298 g/mol. The van der Waals surface area contributed by atoms with Crippen molar-refractivity contribution in [2.75, 3.05) is 5.32 Å². The van der Waals surface area contributed by atoms with Crippen LogP contribution in [0.5, 0.6) is 0 Å². The summed E-state index contributed by atoms with van der Waals surface area (Å²) in [6, 6.07) is 25.1. The fourth-order valence-corrected chi connectivity index (χ4v) is 3.06. The lowest BCUT2D eigenvalue weighted by Crippen LogP contribution is -1.98. The van der Waals surface area contributed by atoms with Crippen molar-refractivity contribution in [1.82, 2.24) is 4.98 Å². The number of pyridine rings is 1. The van der Waals surface area contributed by atoms with Gasteiger partial charge in [0.1, 0.15) is 0 Å². The molecule has 23 heavy (non-hydrogen) atoms. The van der Waals surface area contributed by atoms with Gasteiger partial charge in [-0.1, -0.05) is 61.5 Å². The maximum absolute atomic E-state index is 4.78. The summed E-state index contributed by atoms with van der Waals surface area (Å²) in [5.41, 5.74) is 5.64. The first kappa shape index (κ1) is 13.8. The summed E-state index contributed by atoms with van der Waals surface area (Å²) in [4.78, 5) is 4.78. The van der Waals surface area contributed by atoms with Crippen LogP contribution < -0.4 is 5.32 Å². The highest BCUT2D eigenvalue weighted by molar-refractivity contribution is 6.08. The van der Waals surface area contributed by atoms with Crippen molar-refractivity contribution in [3.8, 4) is 0 Å². The molecule has 4 aromatic rings. The van der Waals surface area contributed by atoms with Gasteiger partial charge < -0.3 is 5.32 Å². The zero-order valence-electron chi connectivity index (χ0n) is 13.1. The molecule has 1 aromatic heterocycles. The highest BCUT2D eigenvalue weighted by Gasteiger charge is 2.10. The van der Waals surface area contributed by atoms with E-state index in [1.807, 2.05) is 12.1 Å². The van der Waals surface area contributed by atoms with Crippen LogP contribution in [-0.4, -0.2) is 4.98 Å². The number of para-hydroxylation sites is 3. The van der Waals surface area contributed by atoms with Crippen LogP contribution in [0, 0.1) is 0 Å². The third-order valence-corrected chi connectivity index (χ3v) is 4.25. The Balaban J connectivity index is 1.99. The average Bonchev–Trinajstić information content (AvgIpc) is 2.62. The molecule has 0 aliphatic rings. The van der Waals surface area contributed by atoms with Crippen LogP contribution in [0.25, 0.3) is 21.8 Å². The van der Waals surface area contributed by atoms with E-state index in [-0.39, 0.29) is 0 Å². The Labute approximate surface area is 135 Å². The minimum absolute atomic E-state index is 1.00. The molecule has 0 radical (unpaired) electrons. The van der Waals surface area contributed by atoms with Gasteiger partial charge in [-0.3, -0.25) is 0 Å². The van der Waals surface area contributed by atoms with Gasteiger partial charge in [-0.25, -0.2) is 4.98 Å². The van der Waals surface area contributed by atoms with E-state index in [0.29, 0.717) is 0 Å². The first-order valence-electron chi connectivity index (χ1n) is 7.99. The number of anilines is 2. The Kier molecular flexibility index (Phi) is 3.43. The second kappa shape index (κ2) is 5.73. The number of fused-ring (bicyclic) bond motifs is 2. The summed E-state index contributed by atoms with van der Waals surface area (Å²) < 4.78 is 0. The van der Waals surface area contributed by atoms with Crippen molar-refractivity contribution in [2.45, 2.75) is 13.3 Å². The van der Waals surface area contributed by atoms with E-state index >= 15 is 0 Å². The second-order valence-corrected chi connectivity index (χ2v) is 5.66. The Morgan fingerprint density at radius 2 is 1.30 bits per heavy atom. The van der Waals surface area contributed by atoms with Gasteiger partial charge in [0.2, 0.25) is 0 Å². The Bertz CT molecular complexity index is 935. The quantitative estimate of drug-likeness (QED) is 0.491. The SMILES string of the molecule is CCc1ccccc1Nc1c2ccccc2nc2ccccc12. The van der Waals surface area contributed by atoms with Gasteiger partial charge in [-0.2, -0.15) is 0 Å². The topological polar surface area (TPSA) is 24.9 Å². The first-order valence-corrected chi connectivity index (χ1v) is 7.99. The normalized spacial score (nSPS) is 11.0. The number of aromatic nitrogens is 1. The largest absolute Gasteiger partial charge is 0.354 e. The maximum Gasteiger partial charge on any atom is 0.0730 e. The smallest absolute Gasteiger partial charge is 0.0730 e. The number of benzene rings is 3. The monoisotopic (exact) mass is 298 g/mol. The summed E-state index contributed by atoms with van der Waals surface area (Å²) in [5, 5.41) is 5.97. The molecule has 1 N–H and O–H groups in total. The minimum atomic E-state index is 1.00. The molecule has 0 saturated carbocycles. The lowest BCUT2D eigenvalue weighted by molar-refractivity contribution is 1.14. The number of hydrogen-bond acceptors (Lipinski definition) is 2. The fraction of sp³-hybridized carbons (Fsp3) is 0.0952. The molecule has 4 rings (SSSR count). The van der Waals surface area contributed by atoms with Crippen molar-refractivity contribution < 1.29 is 0 Å². The Morgan fingerprint density at radius 1 is 0.739 bits per heavy atom. The van der Waals surface area contributed by atoms with Gasteiger partial charge in [-0.05, 0) is 30.2 Å². The van der Waals surface area contributed by atoms with Crippen LogP contribution in [0.15, 0.2) is 72.8 Å². The number of nitrogens with zero attached hydrogens (tertiary/aromatic N) is 1. The second-order valence-electron chi connectivity index (χ2n) is 5.66. The predicted molar refractivity (Wildman–Crippen MR) is 98.4 cm³/mol. The molecule has 0 bridgehead atoms. The van der Waals surface area contributed by atoms with E-state index in [0.717, 1.165) is 39.6 Å². The van der Waals surface area contributed by atoms with E-state index < -0.39 is 0 Å². The fourth-order valence-electron chi connectivity index (χ4n) is 3.06. The number of hydrogen-bond donors (Lipinski definition) is 1. The van der Waals surface area contributed by atoms with Crippen molar-refractivity contribution in [3.63, 3.8) is 0 Å². The molecule has 0 fully saturated rings. The van der Waals surface area contributed by atoms with Crippen LogP contribution >= 0.6 is 0 Å². The lowest BCUT2D eigenvalue weighted by atomic mass is 10.1. The highest BCUT2D eigenvalue weighted by Crippen LogP contribution is 2.33. The molecule has 0 aliphatic carbocycles. The Hall–Kier alpha value is -2.87. The molecule has 0 amide bonds. The standard InChI is InChI=1S/C21H18N2/c1-2-15-9-3-6-12-18(15)23-21-16-10-4-7-13-19(16)22-20-14-8-5-11-17(20)21/h3-14H,2H2,1H3,(H,22,23). The van der Waals surface area contributed by atoms with E-state index in [1.54, 1.807) is 0 Å². The zero-order chi connectivity index (χ0) is 15.6. The van der Waals surface area contributed by atoms with Gasteiger partial charge in [0.05, 0.1) is 16.7 Å². The lowest BCUT2D eigenvalue weighted by Gasteiger charge is -2.15. The van der Waals surface area contributed by atoms with Crippen molar-refractivity contribution in [2.24, 2.45) is 0 Å². The van der Waals surface area contributed by atoms with E-state index in [4.69, 9.17) is 4.98 Å². The van der Waals surface area contributed by atoms with E-state index in [2.05, 4.69) is 72.9 Å². The molecule has 0 spiro atoms. The molecular formula is C21H18N2. The van der Waals surface area contributed by atoms with Crippen LogP contribution in [0.2, 0.25) is 0 Å². The highest BCUT2D eigenvalue weighted by atomic mass is 14.9. The Morgan fingerprint density at radius 3 is 1.96 bits per heavy atom. The third kappa shape index (κ3) is 2.42. The van der Waals surface area contributed by atoms with Gasteiger partial charge in [-0.15, -0.1) is 0 Å².